The highest BCUT2D eigenvalue weighted by Gasteiger charge is 2.11. The number of rotatable bonds is 8. The molecule has 0 aliphatic rings. The molecule has 29 heavy (non-hydrogen) atoms. The molecule has 1 heterocycles. The molecule has 0 spiro atoms. The highest BCUT2D eigenvalue weighted by atomic mass is 127. The number of hydrogen-bond donors (Lipinski definition) is 2. The molecule has 2 rings (SSSR count). The maximum Gasteiger partial charge on any atom is 0.243 e. The molecule has 0 aliphatic heterocycles. The Labute approximate surface area is 190 Å². The lowest BCUT2D eigenvalue weighted by atomic mass is 10.0. The molecule has 1 unspecified atom stereocenters. The van der Waals surface area contributed by atoms with Gasteiger partial charge >= 0.3 is 0 Å². The van der Waals surface area contributed by atoms with Crippen molar-refractivity contribution in [3.63, 3.8) is 0 Å². The van der Waals surface area contributed by atoms with E-state index < -0.39 is 0 Å². The number of likely N-dealkylation sites (N-methyl/N-ethyl adjacent to an activating group) is 1. The summed E-state index contributed by atoms with van der Waals surface area (Å²) in [5, 5.41) is 14.8. The van der Waals surface area contributed by atoms with Crippen LogP contribution in [0, 0.1) is 6.92 Å². The predicted octanol–water partition coefficient (Wildman–Crippen LogP) is 2.15. The lowest BCUT2D eigenvalue weighted by molar-refractivity contribution is -0.127. The summed E-state index contributed by atoms with van der Waals surface area (Å²) in [6, 6.07) is 8.30. The minimum Gasteiger partial charge on any atom is -0.355 e. The number of nitrogens with zero attached hydrogens (tertiary/aromatic N) is 5. The zero-order valence-electron chi connectivity index (χ0n) is 17.8. The largest absolute Gasteiger partial charge is 0.355 e. The normalized spacial score (nSPS) is 12.1. The number of aromatic nitrogens is 3. The van der Waals surface area contributed by atoms with Crippen molar-refractivity contribution in [3.8, 4) is 0 Å². The standard InChI is InChI=1S/C20H31N7O.HI/c1-6-18-25-23-14-27(18)12-11-21-20(22-13-19(28)26(4)5)24-16(3)17-10-8-7-9-15(17)2;/h7-10,14,16H,6,11-13H2,1-5H3,(H2,21,22,24);1H. The van der Waals surface area contributed by atoms with Gasteiger partial charge in [-0.15, -0.1) is 34.2 Å². The van der Waals surface area contributed by atoms with Gasteiger partial charge in [0.25, 0.3) is 0 Å². The Bertz CT molecular complexity index is 804. The van der Waals surface area contributed by atoms with Crippen molar-refractivity contribution < 1.29 is 4.79 Å². The molecular formula is C20H32IN7O. The molecular weight excluding hydrogens is 481 g/mol. The molecule has 1 atom stereocenters. The van der Waals surface area contributed by atoms with E-state index in [4.69, 9.17) is 0 Å². The van der Waals surface area contributed by atoms with Gasteiger partial charge in [-0.3, -0.25) is 4.79 Å². The van der Waals surface area contributed by atoms with E-state index in [1.807, 2.05) is 16.7 Å². The second-order valence-corrected chi connectivity index (χ2v) is 6.90. The van der Waals surface area contributed by atoms with Gasteiger partial charge in [0.15, 0.2) is 5.96 Å². The number of nitrogens with one attached hydrogen (secondary N) is 2. The molecule has 8 nitrogen and oxygen atoms in total. The summed E-state index contributed by atoms with van der Waals surface area (Å²) in [5.74, 6) is 1.51. The second kappa shape index (κ2) is 12.4. The van der Waals surface area contributed by atoms with Gasteiger partial charge in [-0.05, 0) is 25.0 Å². The third kappa shape index (κ3) is 7.64. The summed E-state index contributed by atoms with van der Waals surface area (Å²) >= 11 is 0. The molecule has 2 aromatic rings. The van der Waals surface area contributed by atoms with E-state index in [1.165, 1.54) is 16.0 Å². The first kappa shape index (κ1) is 24.9. The summed E-state index contributed by atoms with van der Waals surface area (Å²) < 4.78 is 2.01. The summed E-state index contributed by atoms with van der Waals surface area (Å²) in [5.41, 5.74) is 2.41. The Morgan fingerprint density at radius 2 is 2.03 bits per heavy atom. The number of aliphatic imine (C=N–C) groups is 1. The topological polar surface area (TPSA) is 87.4 Å². The number of carbonyl (C=O) groups excluding carboxylic acids is 1. The number of amides is 1. The van der Waals surface area contributed by atoms with Crippen LogP contribution in [0.5, 0.6) is 0 Å². The number of guanidine groups is 1. The van der Waals surface area contributed by atoms with Crippen LogP contribution in [-0.4, -0.2) is 58.7 Å². The second-order valence-electron chi connectivity index (χ2n) is 6.90. The third-order valence-corrected chi connectivity index (χ3v) is 4.54. The van der Waals surface area contributed by atoms with Gasteiger partial charge in [-0.25, -0.2) is 4.99 Å². The Morgan fingerprint density at radius 3 is 2.69 bits per heavy atom. The molecule has 160 valence electrons. The molecule has 0 fully saturated rings. The van der Waals surface area contributed by atoms with Crippen LogP contribution < -0.4 is 10.6 Å². The van der Waals surface area contributed by atoms with Crippen LogP contribution in [0.3, 0.4) is 0 Å². The van der Waals surface area contributed by atoms with E-state index in [-0.39, 0.29) is 42.5 Å². The molecule has 1 aromatic carbocycles. The Balaban J connectivity index is 0.00000420. The van der Waals surface area contributed by atoms with E-state index in [0.717, 1.165) is 18.8 Å². The van der Waals surface area contributed by atoms with Crippen molar-refractivity contribution in [1.82, 2.24) is 30.3 Å². The first-order chi connectivity index (χ1) is 13.4. The highest BCUT2D eigenvalue weighted by molar-refractivity contribution is 14.0. The number of halogens is 1. The van der Waals surface area contributed by atoms with Crippen LogP contribution in [0.1, 0.15) is 36.8 Å². The zero-order chi connectivity index (χ0) is 20.5. The van der Waals surface area contributed by atoms with Gasteiger partial charge in [-0.1, -0.05) is 31.2 Å². The van der Waals surface area contributed by atoms with Gasteiger partial charge in [0, 0.05) is 33.6 Å². The number of hydrogen-bond acceptors (Lipinski definition) is 4. The SMILES string of the molecule is CCc1nncn1CCNC(=NCC(=O)N(C)C)NC(C)c1ccccc1C.I. The minimum absolute atomic E-state index is 0. The van der Waals surface area contributed by atoms with Crippen molar-refractivity contribution in [3.05, 3.63) is 47.5 Å². The Kier molecular flexibility index (Phi) is 10.6. The number of aryl methyl sites for hydroxylation is 2. The third-order valence-electron chi connectivity index (χ3n) is 4.54. The molecule has 2 N–H and O–H groups in total. The fourth-order valence-electron chi connectivity index (χ4n) is 2.83. The lowest BCUT2D eigenvalue weighted by Crippen LogP contribution is -2.41. The minimum atomic E-state index is -0.0447. The number of benzene rings is 1. The molecule has 9 heteroatoms. The molecule has 0 radical (unpaired) electrons. The average Bonchev–Trinajstić information content (AvgIpc) is 3.13. The van der Waals surface area contributed by atoms with Crippen LogP contribution in [0.2, 0.25) is 0 Å². The van der Waals surface area contributed by atoms with Crippen molar-refractivity contribution in [2.24, 2.45) is 4.99 Å². The van der Waals surface area contributed by atoms with Crippen LogP contribution in [0.4, 0.5) is 0 Å². The quantitative estimate of drug-likeness (QED) is 0.321. The van der Waals surface area contributed by atoms with Crippen molar-refractivity contribution >= 4 is 35.8 Å². The first-order valence-corrected chi connectivity index (χ1v) is 9.59. The maximum absolute atomic E-state index is 11.9. The van der Waals surface area contributed by atoms with Crippen LogP contribution in [0.25, 0.3) is 0 Å². The predicted molar refractivity (Wildman–Crippen MR) is 127 cm³/mol. The molecule has 0 aliphatic carbocycles. The lowest BCUT2D eigenvalue weighted by Gasteiger charge is -2.20. The first-order valence-electron chi connectivity index (χ1n) is 9.59. The summed E-state index contributed by atoms with van der Waals surface area (Å²) in [4.78, 5) is 17.9. The van der Waals surface area contributed by atoms with Crippen molar-refractivity contribution in [2.45, 2.75) is 39.8 Å². The van der Waals surface area contributed by atoms with Gasteiger partial charge in [0.2, 0.25) is 5.91 Å². The van der Waals surface area contributed by atoms with Crippen LogP contribution >= 0.6 is 24.0 Å². The molecule has 0 bridgehead atoms. The molecule has 1 aromatic heterocycles. The van der Waals surface area contributed by atoms with Gasteiger partial charge in [-0.2, -0.15) is 0 Å². The summed E-state index contributed by atoms with van der Waals surface area (Å²) in [6.07, 6.45) is 2.57. The average molecular weight is 513 g/mol. The van der Waals surface area contributed by atoms with Gasteiger partial charge in [0.05, 0.1) is 6.04 Å². The van der Waals surface area contributed by atoms with Crippen LogP contribution in [0.15, 0.2) is 35.6 Å². The highest BCUT2D eigenvalue weighted by Crippen LogP contribution is 2.16. The van der Waals surface area contributed by atoms with E-state index >= 15 is 0 Å². The summed E-state index contributed by atoms with van der Waals surface area (Å²) in [6.45, 7) is 7.69. The van der Waals surface area contributed by atoms with Crippen LogP contribution in [-0.2, 0) is 17.8 Å². The maximum atomic E-state index is 11.9. The monoisotopic (exact) mass is 513 g/mol. The van der Waals surface area contributed by atoms with Crippen molar-refractivity contribution in [2.75, 3.05) is 27.2 Å². The zero-order valence-corrected chi connectivity index (χ0v) is 20.2. The Hall–Kier alpha value is -2.17. The Morgan fingerprint density at radius 1 is 1.31 bits per heavy atom. The number of carbonyl (C=O) groups is 1. The smallest absolute Gasteiger partial charge is 0.243 e. The van der Waals surface area contributed by atoms with E-state index in [0.29, 0.717) is 12.5 Å². The van der Waals surface area contributed by atoms with Gasteiger partial charge < -0.3 is 20.1 Å². The van der Waals surface area contributed by atoms with Crippen molar-refractivity contribution in [1.29, 1.82) is 0 Å². The van der Waals surface area contributed by atoms with Gasteiger partial charge in [0.1, 0.15) is 18.7 Å². The molecule has 0 saturated heterocycles. The fraction of sp³-hybridized carbons (Fsp3) is 0.500. The molecule has 0 saturated carbocycles. The fourth-order valence-corrected chi connectivity index (χ4v) is 2.83. The molecule has 1 amide bonds. The van der Waals surface area contributed by atoms with E-state index in [9.17, 15) is 4.79 Å². The van der Waals surface area contributed by atoms with E-state index in [1.54, 1.807) is 20.4 Å². The summed E-state index contributed by atoms with van der Waals surface area (Å²) in [7, 11) is 3.46. The van der Waals surface area contributed by atoms with E-state index in [2.05, 4.69) is 58.7 Å².